The number of benzene rings is 2. The van der Waals surface area contributed by atoms with Crippen LogP contribution >= 0.6 is 0 Å². The van der Waals surface area contributed by atoms with Gasteiger partial charge in [0.15, 0.2) is 5.76 Å². The molecule has 29 heavy (non-hydrogen) atoms. The number of pyridine rings is 1. The van der Waals surface area contributed by atoms with E-state index in [1.807, 2.05) is 43.3 Å². The number of fused-ring (bicyclic) bond motifs is 1. The zero-order chi connectivity index (χ0) is 20.4. The van der Waals surface area contributed by atoms with Crippen LogP contribution in [0.1, 0.15) is 21.7 Å². The van der Waals surface area contributed by atoms with Crippen LogP contribution in [0.5, 0.6) is 5.75 Å². The first-order valence-electron chi connectivity index (χ1n) is 9.17. The van der Waals surface area contributed by atoms with Gasteiger partial charge in [0.25, 0.3) is 11.5 Å². The minimum absolute atomic E-state index is 0.111. The van der Waals surface area contributed by atoms with Crippen molar-refractivity contribution in [2.75, 3.05) is 12.0 Å². The molecule has 0 saturated heterocycles. The number of aromatic amines is 1. The number of hydrogen-bond acceptors (Lipinski definition) is 4. The molecule has 1 N–H and O–H groups in total. The second-order valence-corrected chi connectivity index (χ2v) is 6.78. The number of nitrogens with one attached hydrogen (secondary N) is 1. The Bertz CT molecular complexity index is 1230. The summed E-state index contributed by atoms with van der Waals surface area (Å²) in [5, 5.41) is 0.857. The normalized spacial score (nSPS) is 10.8. The number of nitrogens with zero attached hydrogens (tertiary/aromatic N) is 1. The Morgan fingerprint density at radius 3 is 2.69 bits per heavy atom. The highest BCUT2D eigenvalue weighted by atomic mass is 16.5. The minimum atomic E-state index is -0.310. The molecule has 0 aliphatic carbocycles. The van der Waals surface area contributed by atoms with Crippen LogP contribution in [-0.2, 0) is 6.54 Å². The van der Waals surface area contributed by atoms with Gasteiger partial charge >= 0.3 is 0 Å². The highest BCUT2D eigenvalue weighted by Gasteiger charge is 2.22. The topological polar surface area (TPSA) is 75.5 Å². The van der Waals surface area contributed by atoms with E-state index in [-0.39, 0.29) is 23.8 Å². The van der Waals surface area contributed by atoms with E-state index >= 15 is 0 Å². The average molecular weight is 388 g/mol. The van der Waals surface area contributed by atoms with Crippen molar-refractivity contribution in [2.45, 2.75) is 13.5 Å². The molecule has 0 aliphatic heterocycles. The lowest BCUT2D eigenvalue weighted by atomic mass is 10.1. The maximum absolute atomic E-state index is 13.1. The molecule has 2 aromatic carbocycles. The van der Waals surface area contributed by atoms with Crippen LogP contribution < -0.4 is 15.2 Å². The number of rotatable bonds is 5. The summed E-state index contributed by atoms with van der Waals surface area (Å²) in [6, 6.07) is 18.1. The molecule has 6 nitrogen and oxygen atoms in total. The molecule has 2 aromatic heterocycles. The van der Waals surface area contributed by atoms with E-state index in [0.717, 1.165) is 10.9 Å². The molecule has 0 atom stereocenters. The summed E-state index contributed by atoms with van der Waals surface area (Å²) < 4.78 is 10.5. The number of amides is 1. The largest absolute Gasteiger partial charge is 0.497 e. The van der Waals surface area contributed by atoms with Gasteiger partial charge in [0.1, 0.15) is 5.75 Å². The molecule has 0 unspecified atom stereocenters. The first-order valence-corrected chi connectivity index (χ1v) is 9.17. The molecule has 0 saturated carbocycles. The Hall–Kier alpha value is -3.80. The van der Waals surface area contributed by atoms with Gasteiger partial charge in [-0.2, -0.15) is 0 Å². The van der Waals surface area contributed by atoms with Crippen LogP contribution in [-0.4, -0.2) is 18.0 Å². The van der Waals surface area contributed by atoms with Gasteiger partial charge in [0.2, 0.25) is 0 Å². The van der Waals surface area contributed by atoms with Crippen molar-refractivity contribution in [3.63, 3.8) is 0 Å². The molecule has 146 valence electrons. The summed E-state index contributed by atoms with van der Waals surface area (Å²) in [4.78, 5) is 30.2. The van der Waals surface area contributed by atoms with E-state index in [1.54, 1.807) is 36.3 Å². The first kappa shape index (κ1) is 18.6. The molecular weight excluding hydrogens is 368 g/mol. The standard InChI is InChI=1S/C23H20N2O4/c1-15-5-3-6-18(11-15)25(23(27)21-7-4-10-29-21)14-17-12-16-8-9-19(28-2)13-20(16)24-22(17)26/h3-13H,14H2,1-2H3,(H,24,26). The molecule has 0 bridgehead atoms. The summed E-state index contributed by atoms with van der Waals surface area (Å²) in [5.74, 6) is 0.568. The molecule has 6 heteroatoms. The second-order valence-electron chi connectivity index (χ2n) is 6.78. The second kappa shape index (κ2) is 7.67. The number of aromatic nitrogens is 1. The predicted octanol–water partition coefficient (Wildman–Crippen LogP) is 4.29. The Morgan fingerprint density at radius 1 is 1.10 bits per heavy atom. The monoisotopic (exact) mass is 388 g/mol. The fourth-order valence-electron chi connectivity index (χ4n) is 3.25. The molecular formula is C23H20N2O4. The number of carbonyl (C=O) groups is 1. The molecule has 0 aliphatic rings. The van der Waals surface area contributed by atoms with Crippen molar-refractivity contribution >= 4 is 22.5 Å². The quantitative estimate of drug-likeness (QED) is 0.554. The lowest BCUT2D eigenvalue weighted by Crippen LogP contribution is -2.32. The highest BCUT2D eigenvalue weighted by molar-refractivity contribution is 6.04. The van der Waals surface area contributed by atoms with Crippen molar-refractivity contribution in [3.8, 4) is 5.75 Å². The molecule has 4 aromatic rings. The smallest absolute Gasteiger partial charge is 0.294 e. The van der Waals surface area contributed by atoms with Crippen LogP contribution in [0.25, 0.3) is 10.9 Å². The molecule has 0 spiro atoms. The molecule has 0 fully saturated rings. The van der Waals surface area contributed by atoms with E-state index in [1.165, 1.54) is 6.26 Å². The van der Waals surface area contributed by atoms with Crippen molar-refractivity contribution in [1.82, 2.24) is 4.98 Å². The number of ether oxygens (including phenoxy) is 1. The fraction of sp³-hybridized carbons (Fsp3) is 0.130. The Morgan fingerprint density at radius 2 is 1.97 bits per heavy atom. The van der Waals surface area contributed by atoms with Gasteiger partial charge in [-0.3, -0.25) is 9.59 Å². The average Bonchev–Trinajstić information content (AvgIpc) is 3.26. The zero-order valence-electron chi connectivity index (χ0n) is 16.1. The number of carbonyl (C=O) groups excluding carboxylic acids is 1. The Balaban J connectivity index is 1.77. The van der Waals surface area contributed by atoms with Gasteiger partial charge in [-0.25, -0.2) is 0 Å². The first-order chi connectivity index (χ1) is 14.0. The lowest BCUT2D eigenvalue weighted by molar-refractivity contribution is 0.0958. The van der Waals surface area contributed by atoms with E-state index in [2.05, 4.69) is 4.98 Å². The third-order valence-corrected chi connectivity index (χ3v) is 4.75. The SMILES string of the molecule is COc1ccc2cc(CN(C(=O)c3ccco3)c3cccc(C)c3)c(=O)[nH]c2c1. The van der Waals surface area contributed by atoms with Gasteiger partial charge in [-0.15, -0.1) is 0 Å². The number of aryl methyl sites for hydroxylation is 1. The number of H-pyrrole nitrogens is 1. The van der Waals surface area contributed by atoms with Crippen LogP contribution in [0.2, 0.25) is 0 Å². The number of anilines is 1. The minimum Gasteiger partial charge on any atom is -0.497 e. The van der Waals surface area contributed by atoms with Crippen LogP contribution in [0.4, 0.5) is 5.69 Å². The Labute approximate surface area is 167 Å². The van der Waals surface area contributed by atoms with Gasteiger partial charge in [-0.1, -0.05) is 12.1 Å². The molecule has 0 radical (unpaired) electrons. The number of hydrogen-bond donors (Lipinski definition) is 1. The third kappa shape index (κ3) is 3.78. The van der Waals surface area contributed by atoms with Crippen molar-refractivity contribution in [3.05, 3.63) is 94.2 Å². The predicted molar refractivity (Wildman–Crippen MR) is 112 cm³/mol. The number of furan rings is 1. The van der Waals surface area contributed by atoms with Crippen LogP contribution in [0.15, 0.2) is 76.1 Å². The van der Waals surface area contributed by atoms with E-state index in [4.69, 9.17) is 9.15 Å². The van der Waals surface area contributed by atoms with Gasteiger partial charge in [-0.05, 0) is 60.3 Å². The number of methoxy groups -OCH3 is 1. The third-order valence-electron chi connectivity index (χ3n) is 4.75. The van der Waals surface area contributed by atoms with Crippen LogP contribution in [0.3, 0.4) is 0 Å². The Kier molecular flexibility index (Phi) is 4.91. The molecule has 4 rings (SSSR count). The summed E-state index contributed by atoms with van der Waals surface area (Å²) in [7, 11) is 1.58. The maximum atomic E-state index is 13.1. The lowest BCUT2D eigenvalue weighted by Gasteiger charge is -2.22. The summed E-state index contributed by atoms with van der Waals surface area (Å²) in [5.41, 5.74) is 2.61. The van der Waals surface area contributed by atoms with Crippen LogP contribution in [0, 0.1) is 6.92 Å². The maximum Gasteiger partial charge on any atom is 0.294 e. The van der Waals surface area contributed by atoms with Gasteiger partial charge < -0.3 is 19.0 Å². The highest BCUT2D eigenvalue weighted by Crippen LogP contribution is 2.23. The summed E-state index contributed by atoms with van der Waals surface area (Å²) in [6.07, 6.45) is 1.46. The summed E-state index contributed by atoms with van der Waals surface area (Å²) in [6.45, 7) is 2.07. The van der Waals surface area contributed by atoms with E-state index in [0.29, 0.717) is 22.5 Å². The molecule has 1 amide bonds. The van der Waals surface area contributed by atoms with Gasteiger partial charge in [0.05, 0.1) is 25.4 Å². The van der Waals surface area contributed by atoms with E-state index in [9.17, 15) is 9.59 Å². The van der Waals surface area contributed by atoms with Crippen molar-refractivity contribution < 1.29 is 13.9 Å². The molecule has 2 heterocycles. The van der Waals surface area contributed by atoms with Gasteiger partial charge in [0, 0.05) is 17.3 Å². The van der Waals surface area contributed by atoms with Crippen molar-refractivity contribution in [2.24, 2.45) is 0 Å². The fourth-order valence-corrected chi connectivity index (χ4v) is 3.25. The summed E-state index contributed by atoms with van der Waals surface area (Å²) >= 11 is 0. The van der Waals surface area contributed by atoms with Crippen molar-refractivity contribution in [1.29, 1.82) is 0 Å². The zero-order valence-corrected chi connectivity index (χ0v) is 16.1. The van der Waals surface area contributed by atoms with E-state index < -0.39 is 0 Å².